The molecule has 0 bridgehead atoms. The van der Waals surface area contributed by atoms with E-state index in [-0.39, 0.29) is 12.5 Å². The Morgan fingerprint density at radius 2 is 2.21 bits per heavy atom. The maximum absolute atomic E-state index is 12.3. The van der Waals surface area contributed by atoms with Gasteiger partial charge in [0.2, 0.25) is 5.88 Å². The number of rotatable bonds is 4. The second kappa shape index (κ2) is 5.67. The molecule has 2 rings (SSSR count). The second-order valence-corrected chi connectivity index (χ2v) is 4.26. The maximum atomic E-state index is 12.3. The molecule has 0 saturated heterocycles. The molecule has 0 spiro atoms. The zero-order valence-electron chi connectivity index (χ0n) is 11.0. The van der Waals surface area contributed by atoms with Crippen molar-refractivity contribution in [3.63, 3.8) is 0 Å². The van der Waals surface area contributed by atoms with Gasteiger partial charge in [0.1, 0.15) is 5.76 Å². The number of carbonyl (C=O) groups is 1. The molecule has 2 heterocycles. The normalized spacial score (nSPS) is 10.5. The lowest BCUT2D eigenvalue weighted by atomic mass is 10.2. The van der Waals surface area contributed by atoms with Gasteiger partial charge in [0.15, 0.2) is 0 Å². The highest BCUT2D eigenvalue weighted by atomic mass is 16.4. The summed E-state index contributed by atoms with van der Waals surface area (Å²) in [5.74, 6) is 1.09. The van der Waals surface area contributed by atoms with E-state index in [0.717, 1.165) is 5.76 Å². The van der Waals surface area contributed by atoms with Crippen LogP contribution in [0, 0.1) is 6.92 Å². The summed E-state index contributed by atoms with van der Waals surface area (Å²) in [6, 6.07) is 6.90. The number of aliphatic hydroxyl groups is 1. The zero-order chi connectivity index (χ0) is 13.8. The fourth-order valence-corrected chi connectivity index (χ4v) is 1.76. The molecular formula is C14H16N2O3. The lowest BCUT2D eigenvalue weighted by molar-refractivity contribution is 0.0988. The van der Waals surface area contributed by atoms with Gasteiger partial charge in [0.25, 0.3) is 5.91 Å². The van der Waals surface area contributed by atoms with Gasteiger partial charge in [-0.2, -0.15) is 0 Å². The fraction of sp³-hybridized carbons (Fsp3) is 0.286. The topological polar surface area (TPSA) is 66.6 Å². The maximum Gasteiger partial charge on any atom is 0.260 e. The minimum atomic E-state index is -0.170. The number of nitrogens with zero attached hydrogens (tertiary/aromatic N) is 2. The van der Waals surface area contributed by atoms with Crippen molar-refractivity contribution in [2.75, 3.05) is 18.6 Å². The molecule has 1 N–H and O–H groups in total. The number of carbonyl (C=O) groups excluding carboxylic acids is 1. The molecule has 0 atom stereocenters. The van der Waals surface area contributed by atoms with Crippen LogP contribution in [0.15, 0.2) is 34.9 Å². The summed E-state index contributed by atoms with van der Waals surface area (Å²) in [6.45, 7) is 1.84. The van der Waals surface area contributed by atoms with Gasteiger partial charge < -0.3 is 9.52 Å². The molecule has 0 aliphatic carbocycles. The molecule has 2 aromatic rings. The van der Waals surface area contributed by atoms with E-state index in [2.05, 4.69) is 4.98 Å². The van der Waals surface area contributed by atoms with Crippen LogP contribution >= 0.6 is 0 Å². The van der Waals surface area contributed by atoms with Crippen molar-refractivity contribution in [2.24, 2.45) is 0 Å². The highest BCUT2D eigenvalue weighted by molar-refractivity contribution is 6.04. The summed E-state index contributed by atoms with van der Waals surface area (Å²) in [6.07, 6.45) is 2.00. The Labute approximate surface area is 111 Å². The number of aryl methyl sites for hydroxylation is 1. The Balaban J connectivity index is 2.21. The van der Waals surface area contributed by atoms with Crippen LogP contribution in [0.4, 0.5) is 5.88 Å². The van der Waals surface area contributed by atoms with E-state index in [9.17, 15) is 4.79 Å². The first-order valence-corrected chi connectivity index (χ1v) is 6.02. The predicted octanol–water partition coefficient (Wildman–Crippen LogP) is 1.79. The number of hydrogen-bond donors (Lipinski definition) is 1. The molecule has 19 heavy (non-hydrogen) atoms. The smallest absolute Gasteiger partial charge is 0.260 e. The van der Waals surface area contributed by atoms with Crippen molar-refractivity contribution in [1.82, 2.24) is 4.98 Å². The lowest BCUT2D eigenvalue weighted by Gasteiger charge is -2.14. The van der Waals surface area contributed by atoms with Crippen LogP contribution in [0.25, 0.3) is 0 Å². The Kier molecular flexibility index (Phi) is 3.97. The van der Waals surface area contributed by atoms with E-state index < -0.39 is 0 Å². The molecule has 2 aromatic heterocycles. The van der Waals surface area contributed by atoms with Crippen LogP contribution in [-0.4, -0.2) is 29.7 Å². The highest BCUT2D eigenvalue weighted by Crippen LogP contribution is 2.18. The number of anilines is 1. The summed E-state index contributed by atoms with van der Waals surface area (Å²) >= 11 is 0. The van der Waals surface area contributed by atoms with Crippen molar-refractivity contribution in [3.05, 3.63) is 47.5 Å². The molecular weight excluding hydrogens is 244 g/mol. The number of hydrogen-bond acceptors (Lipinski definition) is 4. The molecule has 5 heteroatoms. The van der Waals surface area contributed by atoms with Crippen LogP contribution in [0.2, 0.25) is 0 Å². The first-order valence-electron chi connectivity index (χ1n) is 6.02. The summed E-state index contributed by atoms with van der Waals surface area (Å²) in [5, 5.41) is 8.89. The molecule has 0 aliphatic heterocycles. The van der Waals surface area contributed by atoms with Crippen molar-refractivity contribution >= 4 is 11.8 Å². The zero-order valence-corrected chi connectivity index (χ0v) is 11.0. The van der Waals surface area contributed by atoms with Crippen LogP contribution in [0.1, 0.15) is 21.8 Å². The number of aliphatic hydroxyl groups excluding tert-OH is 1. The van der Waals surface area contributed by atoms with Gasteiger partial charge in [0.05, 0.1) is 0 Å². The molecule has 0 radical (unpaired) electrons. The van der Waals surface area contributed by atoms with E-state index in [1.807, 2.05) is 13.0 Å². The molecule has 0 unspecified atom stereocenters. The van der Waals surface area contributed by atoms with Crippen molar-refractivity contribution in [2.45, 2.75) is 13.3 Å². The minimum absolute atomic E-state index is 0.0118. The third-order valence-electron chi connectivity index (χ3n) is 2.79. The first-order chi connectivity index (χ1) is 9.11. The third-order valence-corrected chi connectivity index (χ3v) is 2.79. The van der Waals surface area contributed by atoms with Crippen LogP contribution < -0.4 is 4.90 Å². The minimum Gasteiger partial charge on any atom is -0.445 e. The summed E-state index contributed by atoms with van der Waals surface area (Å²) in [5.41, 5.74) is 1.22. The lowest BCUT2D eigenvalue weighted by Crippen LogP contribution is -2.26. The van der Waals surface area contributed by atoms with Gasteiger partial charge in [-0.05, 0) is 25.1 Å². The van der Waals surface area contributed by atoms with Crippen LogP contribution in [-0.2, 0) is 6.42 Å². The summed E-state index contributed by atoms with van der Waals surface area (Å²) < 4.78 is 5.42. The van der Waals surface area contributed by atoms with Gasteiger partial charge in [-0.15, -0.1) is 0 Å². The van der Waals surface area contributed by atoms with Gasteiger partial charge in [-0.25, -0.2) is 0 Å². The Hall–Kier alpha value is -2.14. The van der Waals surface area contributed by atoms with Gasteiger partial charge in [0, 0.05) is 43.6 Å². The van der Waals surface area contributed by atoms with Crippen molar-refractivity contribution < 1.29 is 14.3 Å². The van der Waals surface area contributed by atoms with E-state index in [1.165, 1.54) is 4.90 Å². The molecule has 0 fully saturated rings. The van der Waals surface area contributed by atoms with E-state index in [1.54, 1.807) is 31.4 Å². The van der Waals surface area contributed by atoms with E-state index in [4.69, 9.17) is 9.52 Å². The number of amides is 1. The molecule has 0 aliphatic rings. The fourth-order valence-electron chi connectivity index (χ4n) is 1.76. The van der Waals surface area contributed by atoms with Gasteiger partial charge in [-0.1, -0.05) is 0 Å². The quantitative estimate of drug-likeness (QED) is 0.910. The average Bonchev–Trinajstić information content (AvgIpc) is 2.84. The molecule has 1 amide bonds. The molecule has 0 aromatic carbocycles. The van der Waals surface area contributed by atoms with E-state index in [0.29, 0.717) is 23.6 Å². The van der Waals surface area contributed by atoms with Gasteiger partial charge in [-0.3, -0.25) is 14.7 Å². The average molecular weight is 260 g/mol. The highest BCUT2D eigenvalue weighted by Gasteiger charge is 2.16. The van der Waals surface area contributed by atoms with E-state index >= 15 is 0 Å². The SMILES string of the molecule is Cc1ccc(N(C)C(=O)c2ccnc(CCO)c2)o1. The Morgan fingerprint density at radius 3 is 2.84 bits per heavy atom. The predicted molar refractivity (Wildman–Crippen MR) is 71.2 cm³/mol. The molecule has 100 valence electrons. The number of aromatic nitrogens is 1. The van der Waals surface area contributed by atoms with Crippen LogP contribution in [0.3, 0.4) is 0 Å². The van der Waals surface area contributed by atoms with Crippen LogP contribution in [0.5, 0.6) is 0 Å². The standard InChI is InChI=1S/C14H16N2O3/c1-10-3-4-13(19-10)16(2)14(18)11-5-7-15-12(9-11)6-8-17/h3-5,7,9,17H,6,8H2,1-2H3. The monoisotopic (exact) mass is 260 g/mol. The Bertz CT molecular complexity index is 578. The number of furan rings is 1. The molecule has 0 saturated carbocycles. The largest absolute Gasteiger partial charge is 0.445 e. The Morgan fingerprint density at radius 1 is 1.42 bits per heavy atom. The second-order valence-electron chi connectivity index (χ2n) is 4.26. The molecule has 5 nitrogen and oxygen atoms in total. The van der Waals surface area contributed by atoms with Gasteiger partial charge >= 0.3 is 0 Å². The van der Waals surface area contributed by atoms with Crippen molar-refractivity contribution in [3.8, 4) is 0 Å². The third kappa shape index (κ3) is 3.00. The first kappa shape index (κ1) is 13.3. The summed E-state index contributed by atoms with van der Waals surface area (Å²) in [7, 11) is 1.66. The number of pyridine rings is 1. The summed E-state index contributed by atoms with van der Waals surface area (Å²) in [4.78, 5) is 17.8. The van der Waals surface area contributed by atoms with Crippen molar-refractivity contribution in [1.29, 1.82) is 0 Å².